The summed E-state index contributed by atoms with van der Waals surface area (Å²) in [6.07, 6.45) is 4.08. The van der Waals surface area contributed by atoms with Gasteiger partial charge < -0.3 is 20.3 Å². The number of aliphatic carboxylic acids is 1. The van der Waals surface area contributed by atoms with E-state index in [1.165, 1.54) is 12.8 Å². The van der Waals surface area contributed by atoms with Crippen molar-refractivity contribution in [3.8, 4) is 0 Å². The smallest absolute Gasteiger partial charge is 0.332 e. The van der Waals surface area contributed by atoms with Crippen LogP contribution in [0.3, 0.4) is 0 Å². The van der Waals surface area contributed by atoms with E-state index in [1.807, 2.05) is 0 Å². The average molecular weight is 243 g/mol. The summed E-state index contributed by atoms with van der Waals surface area (Å²) in [5.74, 6) is -0.855. The van der Waals surface area contributed by atoms with Gasteiger partial charge in [0.15, 0.2) is 6.10 Å². The van der Waals surface area contributed by atoms with Gasteiger partial charge in [0, 0.05) is 19.7 Å². The topological polar surface area (TPSA) is 78.8 Å². The van der Waals surface area contributed by atoms with Crippen molar-refractivity contribution in [1.29, 1.82) is 0 Å². The Labute approximate surface area is 101 Å². The van der Waals surface area contributed by atoms with E-state index in [9.17, 15) is 4.79 Å². The van der Waals surface area contributed by atoms with Gasteiger partial charge in [-0.05, 0) is 37.5 Å². The number of aliphatic hydroxyl groups is 1. The Morgan fingerprint density at radius 3 is 2.71 bits per heavy atom. The van der Waals surface area contributed by atoms with Gasteiger partial charge in [-0.25, -0.2) is 4.79 Å². The molecule has 0 radical (unpaired) electrons. The molecule has 2 rings (SSSR count). The predicted octanol–water partition coefficient (Wildman–Crippen LogP) is 0.371. The summed E-state index contributed by atoms with van der Waals surface area (Å²) in [6, 6.07) is 0. The molecular weight excluding hydrogens is 222 g/mol. The van der Waals surface area contributed by atoms with Crippen LogP contribution in [-0.4, -0.2) is 48.1 Å². The van der Waals surface area contributed by atoms with Crippen molar-refractivity contribution in [3.63, 3.8) is 0 Å². The van der Waals surface area contributed by atoms with Gasteiger partial charge in [-0.2, -0.15) is 0 Å². The molecule has 0 aromatic carbocycles. The molecule has 2 unspecified atom stereocenters. The fourth-order valence-electron chi connectivity index (χ4n) is 2.46. The quantitative estimate of drug-likeness (QED) is 0.602. The first kappa shape index (κ1) is 12.8. The van der Waals surface area contributed by atoms with Gasteiger partial charge in [-0.3, -0.25) is 0 Å². The van der Waals surface area contributed by atoms with Crippen LogP contribution >= 0.6 is 0 Å². The van der Waals surface area contributed by atoms with Crippen LogP contribution in [0.5, 0.6) is 0 Å². The third-order valence-corrected chi connectivity index (χ3v) is 3.85. The fourth-order valence-corrected chi connectivity index (χ4v) is 2.46. The lowest BCUT2D eigenvalue weighted by atomic mass is 10.0. The molecule has 5 heteroatoms. The third kappa shape index (κ3) is 3.40. The van der Waals surface area contributed by atoms with Crippen LogP contribution in [0.4, 0.5) is 0 Å². The number of rotatable bonds is 7. The molecule has 0 aromatic rings. The monoisotopic (exact) mass is 243 g/mol. The summed E-state index contributed by atoms with van der Waals surface area (Å²) in [7, 11) is 0. The van der Waals surface area contributed by atoms with E-state index in [4.69, 9.17) is 14.9 Å². The first-order chi connectivity index (χ1) is 8.15. The summed E-state index contributed by atoms with van der Waals surface area (Å²) in [5, 5.41) is 21.1. The SMILES string of the molecule is O=C(O)C1CCC(CNCC2(CCO)CC2)O1. The number of ether oxygens (including phenoxy) is 1. The van der Waals surface area contributed by atoms with Crippen LogP contribution in [0.25, 0.3) is 0 Å². The average Bonchev–Trinajstić information content (AvgIpc) is 2.88. The van der Waals surface area contributed by atoms with Crippen LogP contribution < -0.4 is 5.32 Å². The fraction of sp³-hybridized carbons (Fsp3) is 0.917. The molecule has 98 valence electrons. The number of carboxylic acid groups (broad SMARTS) is 1. The maximum atomic E-state index is 10.7. The lowest BCUT2D eigenvalue weighted by Crippen LogP contribution is -2.33. The Morgan fingerprint density at radius 2 is 2.18 bits per heavy atom. The Bertz CT molecular complexity index is 278. The zero-order valence-electron chi connectivity index (χ0n) is 10.0. The molecule has 1 heterocycles. The molecule has 0 aromatic heterocycles. The van der Waals surface area contributed by atoms with Crippen LogP contribution in [-0.2, 0) is 9.53 Å². The first-order valence-electron chi connectivity index (χ1n) is 6.35. The molecule has 1 saturated heterocycles. The van der Waals surface area contributed by atoms with E-state index in [0.29, 0.717) is 11.8 Å². The number of nitrogens with one attached hydrogen (secondary N) is 1. The maximum Gasteiger partial charge on any atom is 0.332 e. The van der Waals surface area contributed by atoms with Gasteiger partial charge in [-0.1, -0.05) is 0 Å². The number of hydrogen-bond donors (Lipinski definition) is 3. The molecule has 2 atom stereocenters. The minimum Gasteiger partial charge on any atom is -0.479 e. The van der Waals surface area contributed by atoms with Crippen molar-refractivity contribution in [2.45, 2.75) is 44.3 Å². The summed E-state index contributed by atoms with van der Waals surface area (Å²) < 4.78 is 5.41. The van der Waals surface area contributed by atoms with Crippen LogP contribution in [0.2, 0.25) is 0 Å². The van der Waals surface area contributed by atoms with Crippen molar-refractivity contribution in [1.82, 2.24) is 5.32 Å². The molecule has 17 heavy (non-hydrogen) atoms. The summed E-state index contributed by atoms with van der Waals surface area (Å²) in [4.78, 5) is 10.7. The number of carboxylic acids is 1. The number of aliphatic hydroxyl groups excluding tert-OH is 1. The molecule has 1 aliphatic carbocycles. The molecule has 0 amide bonds. The molecule has 2 aliphatic rings. The summed E-state index contributed by atoms with van der Waals surface area (Å²) in [6.45, 7) is 1.88. The van der Waals surface area contributed by atoms with E-state index in [0.717, 1.165) is 25.9 Å². The minimum atomic E-state index is -0.855. The molecule has 0 bridgehead atoms. The van der Waals surface area contributed by atoms with E-state index in [1.54, 1.807) is 0 Å². The van der Waals surface area contributed by atoms with E-state index in [2.05, 4.69) is 5.32 Å². The van der Waals surface area contributed by atoms with Gasteiger partial charge in [-0.15, -0.1) is 0 Å². The maximum absolute atomic E-state index is 10.7. The highest BCUT2D eigenvalue weighted by Crippen LogP contribution is 2.47. The van der Waals surface area contributed by atoms with Crippen LogP contribution in [0.1, 0.15) is 32.1 Å². The van der Waals surface area contributed by atoms with Gasteiger partial charge in [0.1, 0.15) is 0 Å². The van der Waals surface area contributed by atoms with Crippen molar-refractivity contribution < 1.29 is 19.7 Å². The second-order valence-corrected chi connectivity index (χ2v) is 5.27. The highest BCUT2D eigenvalue weighted by atomic mass is 16.5. The lowest BCUT2D eigenvalue weighted by molar-refractivity contribution is -0.149. The number of carbonyl (C=O) groups is 1. The van der Waals surface area contributed by atoms with Gasteiger partial charge in [0.25, 0.3) is 0 Å². The van der Waals surface area contributed by atoms with Crippen LogP contribution in [0, 0.1) is 5.41 Å². The molecular formula is C12H21NO4. The van der Waals surface area contributed by atoms with Crippen molar-refractivity contribution in [2.24, 2.45) is 5.41 Å². The second-order valence-electron chi connectivity index (χ2n) is 5.27. The highest BCUT2D eigenvalue weighted by Gasteiger charge is 2.41. The molecule has 3 N–H and O–H groups in total. The lowest BCUT2D eigenvalue weighted by Gasteiger charge is -2.17. The zero-order chi connectivity index (χ0) is 12.3. The van der Waals surface area contributed by atoms with Gasteiger partial charge in [0.05, 0.1) is 6.10 Å². The highest BCUT2D eigenvalue weighted by molar-refractivity contribution is 5.72. The molecule has 2 fully saturated rings. The normalized spacial score (nSPS) is 30.4. The molecule has 1 saturated carbocycles. The predicted molar refractivity (Wildman–Crippen MR) is 61.8 cm³/mol. The zero-order valence-corrected chi connectivity index (χ0v) is 10.0. The van der Waals surface area contributed by atoms with Gasteiger partial charge >= 0.3 is 5.97 Å². The van der Waals surface area contributed by atoms with Crippen molar-refractivity contribution >= 4 is 5.97 Å². The molecule has 0 spiro atoms. The Kier molecular flexibility index (Phi) is 4.01. The Balaban J connectivity index is 1.62. The van der Waals surface area contributed by atoms with Crippen molar-refractivity contribution in [3.05, 3.63) is 0 Å². The Morgan fingerprint density at radius 1 is 1.41 bits per heavy atom. The molecule has 1 aliphatic heterocycles. The van der Waals surface area contributed by atoms with Gasteiger partial charge in [0.2, 0.25) is 0 Å². The third-order valence-electron chi connectivity index (χ3n) is 3.85. The largest absolute Gasteiger partial charge is 0.479 e. The summed E-state index contributed by atoms with van der Waals surface area (Å²) in [5.41, 5.74) is 0.305. The summed E-state index contributed by atoms with van der Waals surface area (Å²) >= 11 is 0. The minimum absolute atomic E-state index is 0.0287. The standard InChI is InChI=1S/C12H21NO4/c14-6-5-12(3-4-12)8-13-7-9-1-2-10(17-9)11(15)16/h9-10,13-14H,1-8H2,(H,15,16). The van der Waals surface area contributed by atoms with E-state index in [-0.39, 0.29) is 12.7 Å². The first-order valence-corrected chi connectivity index (χ1v) is 6.35. The van der Waals surface area contributed by atoms with E-state index < -0.39 is 12.1 Å². The van der Waals surface area contributed by atoms with Crippen molar-refractivity contribution in [2.75, 3.05) is 19.7 Å². The van der Waals surface area contributed by atoms with Crippen LogP contribution in [0.15, 0.2) is 0 Å². The number of hydrogen-bond acceptors (Lipinski definition) is 4. The molecule has 5 nitrogen and oxygen atoms in total. The Hall–Kier alpha value is -0.650. The second kappa shape index (κ2) is 5.33. The van der Waals surface area contributed by atoms with E-state index >= 15 is 0 Å².